The highest BCUT2D eigenvalue weighted by Crippen LogP contribution is 2.40. The van der Waals surface area contributed by atoms with Crippen LogP contribution in [0.4, 0.5) is 0 Å². The van der Waals surface area contributed by atoms with Crippen LogP contribution in [0.5, 0.6) is 0 Å². The molecular weight excluding hydrogens is 424 g/mol. The molecule has 1 aromatic rings. The van der Waals surface area contributed by atoms with Crippen molar-refractivity contribution >= 4 is 11.6 Å². The van der Waals surface area contributed by atoms with Crippen molar-refractivity contribution in [3.05, 3.63) is 81.9 Å². The highest BCUT2D eigenvalue weighted by Gasteiger charge is 2.33. The largest absolute Gasteiger partial charge is 0.504 e. The second-order valence-corrected chi connectivity index (χ2v) is 12.6. The van der Waals surface area contributed by atoms with Crippen LogP contribution in [0.1, 0.15) is 90.8 Å². The van der Waals surface area contributed by atoms with E-state index in [1.807, 2.05) is 53.7 Å². The molecule has 2 unspecified atom stereocenters. The van der Waals surface area contributed by atoms with E-state index in [0.717, 1.165) is 16.7 Å². The van der Waals surface area contributed by atoms with Crippen molar-refractivity contribution in [2.75, 3.05) is 0 Å². The van der Waals surface area contributed by atoms with Crippen molar-refractivity contribution in [3.8, 4) is 0 Å². The monoisotopic (exact) mass is 462 g/mol. The van der Waals surface area contributed by atoms with Gasteiger partial charge < -0.3 is 10.2 Å². The standard InChI is InChI=1S/C30H38O4/c1-28(2,3)21-11-17(19-13-22(29(4,5)6)26(33)24(31)15-19)10-18(12-21)20-14-23(30(7,8)9)27(34)25(32)16-20/h10-16,19-20,31-32H,1-9H3. The third-order valence-corrected chi connectivity index (χ3v) is 6.55. The molecule has 0 fully saturated rings. The number of carbonyl (C=O) groups excluding carboxylic acids is 2. The molecule has 2 N–H and O–H groups in total. The molecule has 0 heterocycles. The van der Waals surface area contributed by atoms with Gasteiger partial charge in [-0.15, -0.1) is 0 Å². The number of hydrogen-bond donors (Lipinski definition) is 2. The van der Waals surface area contributed by atoms with Crippen molar-refractivity contribution in [2.45, 2.75) is 79.6 Å². The molecule has 0 aromatic heterocycles. The third-order valence-electron chi connectivity index (χ3n) is 6.55. The molecule has 0 amide bonds. The summed E-state index contributed by atoms with van der Waals surface area (Å²) < 4.78 is 0. The van der Waals surface area contributed by atoms with Crippen LogP contribution in [-0.4, -0.2) is 21.8 Å². The maximum absolute atomic E-state index is 12.6. The van der Waals surface area contributed by atoms with E-state index in [0.29, 0.717) is 11.1 Å². The zero-order chi connectivity index (χ0) is 25.8. The van der Waals surface area contributed by atoms with Gasteiger partial charge in [0.1, 0.15) is 0 Å². The molecule has 34 heavy (non-hydrogen) atoms. The van der Waals surface area contributed by atoms with Crippen LogP contribution in [0.15, 0.2) is 65.2 Å². The Labute approximate surface area is 203 Å². The molecule has 1 aromatic carbocycles. The minimum Gasteiger partial charge on any atom is -0.504 e. The second kappa shape index (κ2) is 8.41. The summed E-state index contributed by atoms with van der Waals surface area (Å²) in [6, 6.07) is 6.30. The first kappa shape index (κ1) is 25.7. The van der Waals surface area contributed by atoms with Crippen molar-refractivity contribution in [2.24, 2.45) is 10.8 Å². The topological polar surface area (TPSA) is 74.6 Å². The zero-order valence-corrected chi connectivity index (χ0v) is 21.9. The van der Waals surface area contributed by atoms with Gasteiger partial charge in [0.05, 0.1) is 0 Å². The van der Waals surface area contributed by atoms with E-state index in [4.69, 9.17) is 0 Å². The number of aliphatic hydroxyl groups is 2. The highest BCUT2D eigenvalue weighted by atomic mass is 16.3. The molecule has 0 bridgehead atoms. The number of allylic oxidation sites excluding steroid dienone is 6. The summed E-state index contributed by atoms with van der Waals surface area (Å²) in [7, 11) is 0. The van der Waals surface area contributed by atoms with Crippen LogP contribution in [0.2, 0.25) is 0 Å². The smallest absolute Gasteiger partial charge is 0.223 e. The lowest BCUT2D eigenvalue weighted by molar-refractivity contribution is -0.116. The molecule has 2 aliphatic carbocycles. The number of rotatable bonds is 2. The van der Waals surface area contributed by atoms with Gasteiger partial charge >= 0.3 is 0 Å². The molecule has 0 radical (unpaired) electrons. The van der Waals surface area contributed by atoms with Crippen LogP contribution in [0.25, 0.3) is 0 Å². The average molecular weight is 463 g/mol. The van der Waals surface area contributed by atoms with Crippen LogP contribution in [-0.2, 0) is 15.0 Å². The Bertz CT molecular complexity index is 1070. The van der Waals surface area contributed by atoms with Crippen LogP contribution >= 0.6 is 0 Å². The fraction of sp³-hybridized carbons (Fsp3) is 0.467. The first-order valence-electron chi connectivity index (χ1n) is 11.9. The van der Waals surface area contributed by atoms with Crippen LogP contribution in [0.3, 0.4) is 0 Å². The summed E-state index contributed by atoms with van der Waals surface area (Å²) in [5.41, 5.74) is 3.26. The van der Waals surface area contributed by atoms with Gasteiger partial charge in [-0.25, -0.2) is 0 Å². The lowest BCUT2D eigenvalue weighted by atomic mass is 9.74. The summed E-state index contributed by atoms with van der Waals surface area (Å²) in [6.07, 6.45) is 7.11. The van der Waals surface area contributed by atoms with Gasteiger partial charge in [0.25, 0.3) is 0 Å². The highest BCUT2D eigenvalue weighted by molar-refractivity contribution is 6.09. The number of aliphatic hydroxyl groups excluding tert-OH is 2. The van der Waals surface area contributed by atoms with E-state index in [9.17, 15) is 19.8 Å². The van der Waals surface area contributed by atoms with Crippen LogP contribution in [0, 0.1) is 10.8 Å². The number of ketones is 2. The lowest BCUT2D eigenvalue weighted by Gasteiger charge is -2.30. The minimum absolute atomic E-state index is 0.148. The van der Waals surface area contributed by atoms with E-state index in [-0.39, 0.29) is 40.3 Å². The molecule has 2 aliphatic rings. The summed E-state index contributed by atoms with van der Waals surface area (Å²) in [5.74, 6) is -1.63. The average Bonchev–Trinajstić information content (AvgIpc) is 2.69. The summed E-state index contributed by atoms with van der Waals surface area (Å²) in [5, 5.41) is 20.9. The summed E-state index contributed by atoms with van der Waals surface area (Å²) >= 11 is 0. The number of benzene rings is 1. The molecule has 4 nitrogen and oxygen atoms in total. The van der Waals surface area contributed by atoms with Gasteiger partial charge in [-0.2, -0.15) is 0 Å². The van der Waals surface area contributed by atoms with Gasteiger partial charge in [-0.1, -0.05) is 92.7 Å². The molecular formula is C30H38O4. The zero-order valence-electron chi connectivity index (χ0n) is 21.9. The Kier molecular flexibility index (Phi) is 6.36. The van der Waals surface area contributed by atoms with Crippen molar-refractivity contribution < 1.29 is 19.8 Å². The Morgan fingerprint density at radius 3 is 1.21 bits per heavy atom. The predicted molar refractivity (Wildman–Crippen MR) is 137 cm³/mol. The third kappa shape index (κ3) is 5.11. The molecule has 4 heteroatoms. The Balaban J connectivity index is 2.21. The summed E-state index contributed by atoms with van der Waals surface area (Å²) in [6.45, 7) is 18.2. The minimum atomic E-state index is -0.398. The van der Waals surface area contributed by atoms with E-state index in [1.54, 1.807) is 12.2 Å². The molecule has 2 atom stereocenters. The number of carbonyl (C=O) groups is 2. The van der Waals surface area contributed by atoms with E-state index in [1.165, 1.54) is 0 Å². The van der Waals surface area contributed by atoms with Crippen LogP contribution < -0.4 is 0 Å². The first-order chi connectivity index (χ1) is 15.4. The van der Waals surface area contributed by atoms with Crippen molar-refractivity contribution in [1.29, 1.82) is 0 Å². The normalized spacial score (nSPS) is 22.1. The van der Waals surface area contributed by atoms with E-state index >= 15 is 0 Å². The number of hydrogen-bond acceptors (Lipinski definition) is 4. The van der Waals surface area contributed by atoms with Gasteiger partial charge in [-0.05, 0) is 45.1 Å². The Hall–Kier alpha value is -2.88. The molecule has 0 saturated carbocycles. The molecule has 0 aliphatic heterocycles. The SMILES string of the molecule is CC(C)(C)C1=CC(c2cc(C3C=C(O)C(=O)C(C(C)(C)C)=C3)cc(C(C)(C)C)c2)C=C(O)C1=O. The lowest BCUT2D eigenvalue weighted by Crippen LogP contribution is -2.24. The summed E-state index contributed by atoms with van der Waals surface area (Å²) in [4.78, 5) is 25.2. The molecule has 182 valence electrons. The molecule has 3 rings (SSSR count). The Morgan fingerprint density at radius 2 is 0.912 bits per heavy atom. The number of Topliss-reactive ketones (excluding diaryl/α,β-unsaturated/α-hetero) is 2. The maximum atomic E-state index is 12.6. The maximum Gasteiger partial charge on any atom is 0.223 e. The Morgan fingerprint density at radius 1 is 0.559 bits per heavy atom. The van der Waals surface area contributed by atoms with E-state index in [2.05, 4.69) is 39.0 Å². The fourth-order valence-electron chi connectivity index (χ4n) is 4.43. The van der Waals surface area contributed by atoms with Gasteiger partial charge in [0, 0.05) is 23.0 Å². The molecule has 0 spiro atoms. The quantitative estimate of drug-likeness (QED) is 0.489. The predicted octanol–water partition coefficient (Wildman–Crippen LogP) is 7.15. The fourth-order valence-corrected chi connectivity index (χ4v) is 4.43. The second-order valence-electron chi connectivity index (χ2n) is 12.6. The van der Waals surface area contributed by atoms with E-state index < -0.39 is 10.8 Å². The van der Waals surface area contributed by atoms with Gasteiger partial charge in [-0.3, -0.25) is 9.59 Å². The first-order valence-corrected chi connectivity index (χ1v) is 11.9. The van der Waals surface area contributed by atoms with Gasteiger partial charge in [0.2, 0.25) is 11.6 Å². The van der Waals surface area contributed by atoms with Crippen molar-refractivity contribution in [1.82, 2.24) is 0 Å². The van der Waals surface area contributed by atoms with Gasteiger partial charge in [0.15, 0.2) is 11.5 Å². The van der Waals surface area contributed by atoms with Crippen molar-refractivity contribution in [3.63, 3.8) is 0 Å². The molecule has 0 saturated heterocycles.